The maximum atomic E-state index is 12.4. The van der Waals surface area contributed by atoms with Crippen molar-refractivity contribution in [2.75, 3.05) is 18.8 Å². The summed E-state index contributed by atoms with van der Waals surface area (Å²) in [6.45, 7) is 6.64. The van der Waals surface area contributed by atoms with Crippen LogP contribution in [0.5, 0.6) is 0 Å². The number of carbonyl (C=O) groups is 1. The minimum atomic E-state index is -1.31. The zero-order valence-electron chi connectivity index (χ0n) is 14.6. The van der Waals surface area contributed by atoms with Gasteiger partial charge in [-0.15, -0.1) is 0 Å². The Morgan fingerprint density at radius 2 is 2.04 bits per heavy atom. The number of likely N-dealkylation sites (tertiary alicyclic amines) is 1. The van der Waals surface area contributed by atoms with E-state index in [9.17, 15) is 19.1 Å². The molecule has 1 aliphatic heterocycles. The minimum Gasteiger partial charge on any atom is -0.444 e. The predicted molar refractivity (Wildman–Crippen MR) is 92.7 cm³/mol. The van der Waals surface area contributed by atoms with Gasteiger partial charge < -0.3 is 9.64 Å². The summed E-state index contributed by atoms with van der Waals surface area (Å²) in [4.78, 5) is 27.7. The predicted octanol–water partition coefficient (Wildman–Crippen LogP) is 2.74. The highest BCUT2D eigenvalue weighted by atomic mass is 32.2. The number of nitrogens with zero attached hydrogens (tertiary/aromatic N) is 3. The van der Waals surface area contributed by atoms with Crippen LogP contribution in [0.4, 0.5) is 10.5 Å². The van der Waals surface area contributed by atoms with Crippen LogP contribution in [0.15, 0.2) is 23.4 Å². The van der Waals surface area contributed by atoms with Gasteiger partial charge in [0.25, 0.3) is 5.69 Å². The van der Waals surface area contributed by atoms with Crippen molar-refractivity contribution in [1.82, 2.24) is 9.88 Å². The van der Waals surface area contributed by atoms with Crippen LogP contribution in [-0.2, 0) is 15.5 Å². The van der Waals surface area contributed by atoms with Crippen molar-refractivity contribution < 1.29 is 18.7 Å². The average molecular weight is 369 g/mol. The van der Waals surface area contributed by atoms with Crippen LogP contribution in [0.25, 0.3) is 0 Å². The fraction of sp³-hybridized carbons (Fsp3) is 0.625. The summed E-state index contributed by atoms with van der Waals surface area (Å²) in [7, 11) is -1.31. The van der Waals surface area contributed by atoms with Crippen LogP contribution >= 0.6 is 0 Å². The molecule has 1 saturated heterocycles. The van der Waals surface area contributed by atoms with Crippen LogP contribution in [0.2, 0.25) is 0 Å². The van der Waals surface area contributed by atoms with Gasteiger partial charge in [-0.1, -0.05) is 0 Å². The molecule has 1 unspecified atom stereocenters. The Hall–Kier alpha value is -2.03. The monoisotopic (exact) mass is 369 g/mol. The first kappa shape index (κ1) is 19.3. The van der Waals surface area contributed by atoms with Crippen molar-refractivity contribution in [1.29, 1.82) is 0 Å². The van der Waals surface area contributed by atoms with Crippen molar-refractivity contribution in [3.8, 4) is 0 Å². The van der Waals surface area contributed by atoms with E-state index in [1.54, 1.807) is 4.90 Å². The number of hydrogen-bond acceptors (Lipinski definition) is 6. The van der Waals surface area contributed by atoms with Gasteiger partial charge in [0.2, 0.25) is 0 Å². The molecule has 9 heteroatoms. The van der Waals surface area contributed by atoms with E-state index in [0.717, 1.165) is 19.0 Å². The average Bonchev–Trinajstić information content (AvgIpc) is 2.54. The molecule has 1 aromatic rings. The lowest BCUT2D eigenvalue weighted by atomic mass is 9.99. The van der Waals surface area contributed by atoms with Gasteiger partial charge in [-0.2, -0.15) is 0 Å². The summed E-state index contributed by atoms with van der Waals surface area (Å²) in [5, 5.41) is 11.0. The number of hydrogen-bond donors (Lipinski definition) is 0. The highest BCUT2D eigenvalue weighted by molar-refractivity contribution is 7.84. The molecule has 138 valence electrons. The first-order valence-corrected chi connectivity index (χ1v) is 9.44. The lowest BCUT2D eigenvalue weighted by molar-refractivity contribution is -0.385. The topological polar surface area (TPSA) is 103 Å². The molecule has 0 saturated carbocycles. The molecule has 2 rings (SSSR count). The molecule has 0 aromatic carbocycles. The number of ether oxygens (including phenoxy) is 1. The van der Waals surface area contributed by atoms with Gasteiger partial charge >= 0.3 is 6.09 Å². The first-order valence-electron chi connectivity index (χ1n) is 8.12. The second-order valence-corrected chi connectivity index (χ2v) is 8.48. The third-order valence-corrected chi connectivity index (χ3v) is 5.30. The molecule has 1 aromatic heterocycles. The molecular weight excluding hydrogens is 346 g/mol. The number of nitro groups is 1. The van der Waals surface area contributed by atoms with Crippen LogP contribution in [0, 0.1) is 16.0 Å². The standard InChI is InChI=1S/C16H23N3O5S/c1-16(2,3)24-15(20)18-8-6-12(7-9-18)11-25(23)14-5-4-13(10-17-14)19(21)22/h4-5,10,12H,6-9,11H2,1-3H3. The Morgan fingerprint density at radius 3 is 2.52 bits per heavy atom. The summed E-state index contributed by atoms with van der Waals surface area (Å²) in [5.74, 6) is 0.656. The third kappa shape index (κ3) is 5.77. The van der Waals surface area contributed by atoms with E-state index >= 15 is 0 Å². The molecule has 1 amide bonds. The molecule has 1 aliphatic rings. The van der Waals surface area contributed by atoms with Gasteiger partial charge in [-0.25, -0.2) is 9.78 Å². The number of piperidine rings is 1. The Bertz CT molecular complexity index is 649. The zero-order chi connectivity index (χ0) is 18.6. The second-order valence-electron chi connectivity index (χ2n) is 7.03. The van der Waals surface area contributed by atoms with Gasteiger partial charge in [-0.3, -0.25) is 14.3 Å². The molecule has 25 heavy (non-hydrogen) atoms. The van der Waals surface area contributed by atoms with E-state index in [1.807, 2.05) is 20.8 Å². The molecule has 2 heterocycles. The molecule has 0 spiro atoms. The maximum Gasteiger partial charge on any atom is 0.410 e. The number of rotatable bonds is 4. The van der Waals surface area contributed by atoms with Crippen LogP contribution in [0.1, 0.15) is 33.6 Å². The molecule has 0 bridgehead atoms. The molecular formula is C16H23N3O5S. The lowest BCUT2D eigenvalue weighted by Gasteiger charge is -2.33. The fourth-order valence-electron chi connectivity index (χ4n) is 2.52. The summed E-state index contributed by atoms with van der Waals surface area (Å²) < 4.78 is 17.7. The van der Waals surface area contributed by atoms with E-state index in [4.69, 9.17) is 4.74 Å². The second kappa shape index (κ2) is 7.90. The molecule has 0 radical (unpaired) electrons. The van der Waals surface area contributed by atoms with Crippen molar-refractivity contribution in [2.24, 2.45) is 5.92 Å². The van der Waals surface area contributed by atoms with E-state index in [-0.39, 0.29) is 17.7 Å². The molecule has 1 fully saturated rings. The Kier molecular flexibility index (Phi) is 6.10. The number of amides is 1. The number of pyridine rings is 1. The Balaban J connectivity index is 1.84. The zero-order valence-corrected chi connectivity index (χ0v) is 15.5. The van der Waals surface area contributed by atoms with Crippen molar-refractivity contribution in [3.63, 3.8) is 0 Å². The van der Waals surface area contributed by atoms with Crippen molar-refractivity contribution >= 4 is 22.6 Å². The summed E-state index contributed by atoms with van der Waals surface area (Å²) in [5.41, 5.74) is -0.636. The first-order chi connectivity index (χ1) is 11.7. The van der Waals surface area contributed by atoms with Crippen LogP contribution < -0.4 is 0 Å². The quantitative estimate of drug-likeness (QED) is 0.597. The van der Waals surface area contributed by atoms with Crippen molar-refractivity contribution in [3.05, 3.63) is 28.4 Å². The molecule has 1 atom stereocenters. The smallest absolute Gasteiger partial charge is 0.410 e. The number of carbonyl (C=O) groups excluding carboxylic acids is 1. The highest BCUT2D eigenvalue weighted by Gasteiger charge is 2.28. The summed E-state index contributed by atoms with van der Waals surface area (Å²) in [6, 6.07) is 2.75. The van der Waals surface area contributed by atoms with Gasteiger partial charge in [0, 0.05) is 24.9 Å². The van der Waals surface area contributed by atoms with Crippen LogP contribution in [-0.4, -0.2) is 49.6 Å². The Morgan fingerprint density at radius 1 is 1.40 bits per heavy atom. The van der Waals surface area contributed by atoms with Gasteiger partial charge in [-0.05, 0) is 45.6 Å². The largest absolute Gasteiger partial charge is 0.444 e. The summed E-state index contributed by atoms with van der Waals surface area (Å²) in [6.07, 6.45) is 2.30. The highest BCUT2D eigenvalue weighted by Crippen LogP contribution is 2.22. The SMILES string of the molecule is CC(C)(C)OC(=O)N1CCC(CS(=O)c2ccc([N+](=O)[O-])cn2)CC1. The molecule has 8 nitrogen and oxygen atoms in total. The minimum absolute atomic E-state index is 0.119. The Labute approximate surface area is 149 Å². The van der Waals surface area contributed by atoms with E-state index in [2.05, 4.69) is 4.98 Å². The fourth-order valence-corrected chi connectivity index (χ4v) is 3.85. The third-order valence-electron chi connectivity index (χ3n) is 3.82. The maximum absolute atomic E-state index is 12.4. The van der Waals surface area contributed by atoms with E-state index in [0.29, 0.717) is 23.9 Å². The molecule has 0 N–H and O–H groups in total. The lowest BCUT2D eigenvalue weighted by Crippen LogP contribution is -2.42. The van der Waals surface area contributed by atoms with Crippen molar-refractivity contribution in [2.45, 2.75) is 44.2 Å². The van der Waals surface area contributed by atoms with Gasteiger partial charge in [0.1, 0.15) is 16.8 Å². The van der Waals surface area contributed by atoms with E-state index in [1.165, 1.54) is 12.1 Å². The van der Waals surface area contributed by atoms with E-state index < -0.39 is 21.3 Å². The van der Waals surface area contributed by atoms with Gasteiger partial charge in [0.15, 0.2) is 0 Å². The summed E-state index contributed by atoms with van der Waals surface area (Å²) >= 11 is 0. The molecule has 0 aliphatic carbocycles. The number of aromatic nitrogens is 1. The van der Waals surface area contributed by atoms with Crippen LogP contribution in [0.3, 0.4) is 0 Å². The van der Waals surface area contributed by atoms with Gasteiger partial charge in [0.05, 0.1) is 15.7 Å². The normalized spacial score (nSPS) is 17.2.